The number of primary sulfonamides is 1. The van der Waals surface area contributed by atoms with Gasteiger partial charge in [-0.2, -0.15) is 10.2 Å². The van der Waals surface area contributed by atoms with Crippen LogP contribution in [0.25, 0.3) is 0 Å². The zero-order valence-electron chi connectivity index (χ0n) is 13.2. The lowest BCUT2D eigenvalue weighted by Gasteiger charge is -2.02. The Morgan fingerprint density at radius 2 is 1.80 bits per heavy atom. The van der Waals surface area contributed by atoms with Crippen molar-refractivity contribution in [3.63, 3.8) is 0 Å². The molecule has 0 aliphatic carbocycles. The van der Waals surface area contributed by atoms with Gasteiger partial charge in [-0.1, -0.05) is 0 Å². The number of rotatable bonds is 6. The number of hydrogen-bond acceptors (Lipinski definition) is 7. The Morgan fingerprint density at radius 1 is 1.16 bits per heavy atom. The highest BCUT2D eigenvalue weighted by Crippen LogP contribution is 2.12. The minimum absolute atomic E-state index is 0.0126. The fourth-order valence-electron chi connectivity index (χ4n) is 1.66. The molecule has 10 heteroatoms. The van der Waals surface area contributed by atoms with Crippen molar-refractivity contribution in [1.29, 1.82) is 0 Å². The lowest BCUT2D eigenvalue weighted by Crippen LogP contribution is -2.19. The molecule has 9 nitrogen and oxygen atoms in total. The van der Waals surface area contributed by atoms with Gasteiger partial charge in [0.05, 0.1) is 22.5 Å². The number of nitrogens with one attached hydrogen (secondary N) is 2. The van der Waals surface area contributed by atoms with Crippen molar-refractivity contribution in [2.24, 2.45) is 15.3 Å². The molecule has 130 valence electrons. The van der Waals surface area contributed by atoms with Gasteiger partial charge in [-0.15, -0.1) is 0 Å². The van der Waals surface area contributed by atoms with Crippen LogP contribution in [0.3, 0.4) is 0 Å². The maximum atomic E-state index is 11.8. The smallest absolute Gasteiger partial charge is 0.271 e. The summed E-state index contributed by atoms with van der Waals surface area (Å²) in [5.74, 6) is -0.360. The van der Waals surface area contributed by atoms with Gasteiger partial charge in [-0.05, 0) is 43.3 Å². The van der Waals surface area contributed by atoms with Crippen LogP contribution in [-0.4, -0.2) is 31.2 Å². The van der Waals surface area contributed by atoms with Gasteiger partial charge in [0, 0.05) is 18.0 Å². The van der Waals surface area contributed by atoms with Gasteiger partial charge >= 0.3 is 0 Å². The number of sulfonamides is 1. The zero-order valence-corrected chi connectivity index (χ0v) is 14.1. The molecule has 0 aliphatic heterocycles. The number of benzene rings is 1. The average Bonchev–Trinajstić information content (AvgIpc) is 2.60. The second-order valence-electron chi connectivity index (χ2n) is 4.87. The molecular weight excluding hydrogens is 344 g/mol. The quantitative estimate of drug-likeness (QED) is 0.519. The molecule has 0 aliphatic rings. The van der Waals surface area contributed by atoms with Gasteiger partial charge in [0.25, 0.3) is 5.91 Å². The molecule has 1 aromatic carbocycles. The Morgan fingerprint density at radius 3 is 2.40 bits per heavy atom. The molecule has 2 aromatic rings. The van der Waals surface area contributed by atoms with E-state index >= 15 is 0 Å². The number of pyridine rings is 1. The highest BCUT2D eigenvalue weighted by Gasteiger charge is 2.06. The van der Waals surface area contributed by atoms with Crippen LogP contribution in [0.2, 0.25) is 0 Å². The number of hydrazone groups is 2. The van der Waals surface area contributed by atoms with Crippen LogP contribution < -0.4 is 16.0 Å². The molecule has 0 saturated carbocycles. The summed E-state index contributed by atoms with van der Waals surface area (Å²) in [6.45, 7) is 1.65. The molecule has 4 N–H and O–H groups in total. The summed E-state index contributed by atoms with van der Waals surface area (Å²) >= 11 is 0. The van der Waals surface area contributed by atoms with Crippen LogP contribution in [0.5, 0.6) is 0 Å². The summed E-state index contributed by atoms with van der Waals surface area (Å²) < 4.78 is 22.3. The number of hydrogen-bond donors (Lipinski definition) is 3. The Balaban J connectivity index is 1.89. The van der Waals surface area contributed by atoms with Crippen molar-refractivity contribution in [1.82, 2.24) is 10.4 Å². The van der Waals surface area contributed by atoms with Crippen LogP contribution in [-0.2, 0) is 10.0 Å². The zero-order chi connectivity index (χ0) is 18.3. The molecule has 2 rings (SSSR count). The number of carbonyl (C=O) groups excluding carboxylic acids is 1. The number of carbonyl (C=O) groups is 1. The predicted octanol–water partition coefficient (Wildman–Crippen LogP) is 0.933. The summed E-state index contributed by atoms with van der Waals surface area (Å²) in [5, 5.41) is 12.8. The van der Waals surface area contributed by atoms with Crippen molar-refractivity contribution in [2.45, 2.75) is 11.8 Å². The standard InChI is InChI=1S/C15H16N6O3S/c1-11(19-21-15(22)12-6-8-17-9-7-12)10-18-20-13-2-4-14(5-3-13)25(16,23)24/h2-10,20H,1H3,(H,21,22)(H2,16,23,24)/b18-10+,19-11-. The predicted molar refractivity (Wildman–Crippen MR) is 94.7 cm³/mol. The fourth-order valence-corrected chi connectivity index (χ4v) is 2.17. The minimum atomic E-state index is -3.72. The van der Waals surface area contributed by atoms with Crippen molar-refractivity contribution in [2.75, 3.05) is 5.43 Å². The summed E-state index contributed by atoms with van der Waals surface area (Å²) in [7, 11) is -3.72. The first-order valence-corrected chi connectivity index (χ1v) is 8.57. The Kier molecular flexibility index (Phi) is 5.93. The normalized spacial score (nSPS) is 12.2. The molecule has 0 spiro atoms. The summed E-state index contributed by atoms with van der Waals surface area (Å²) in [5.41, 5.74) is 6.56. The van der Waals surface area contributed by atoms with Crippen LogP contribution in [0.1, 0.15) is 17.3 Å². The SMILES string of the molecule is CC(/C=N/Nc1ccc(S(N)(=O)=O)cc1)=N/NC(=O)c1ccncc1. The van der Waals surface area contributed by atoms with E-state index in [1.165, 1.54) is 42.9 Å². The monoisotopic (exact) mass is 360 g/mol. The number of amides is 1. The third-order valence-corrected chi connectivity index (χ3v) is 3.83. The van der Waals surface area contributed by atoms with E-state index in [9.17, 15) is 13.2 Å². The maximum Gasteiger partial charge on any atom is 0.271 e. The number of nitrogens with zero attached hydrogens (tertiary/aromatic N) is 3. The Bertz CT molecular complexity index is 893. The van der Waals surface area contributed by atoms with E-state index in [1.54, 1.807) is 19.1 Å². The molecule has 0 saturated heterocycles. The van der Waals surface area contributed by atoms with Crippen LogP contribution in [0, 0.1) is 0 Å². The van der Waals surface area contributed by atoms with E-state index < -0.39 is 10.0 Å². The van der Waals surface area contributed by atoms with E-state index in [2.05, 4.69) is 26.0 Å². The number of aromatic nitrogens is 1. The molecule has 25 heavy (non-hydrogen) atoms. The first kappa shape index (κ1) is 18.2. The van der Waals surface area contributed by atoms with Crippen molar-refractivity contribution in [3.05, 3.63) is 54.4 Å². The summed E-state index contributed by atoms with van der Waals surface area (Å²) in [6, 6.07) is 8.91. The molecule has 0 fully saturated rings. The van der Waals surface area contributed by atoms with E-state index in [-0.39, 0.29) is 10.8 Å². The minimum Gasteiger partial charge on any atom is -0.278 e. The largest absolute Gasteiger partial charge is 0.278 e. The van der Waals surface area contributed by atoms with Gasteiger partial charge in [0.2, 0.25) is 10.0 Å². The van der Waals surface area contributed by atoms with E-state index in [1.807, 2.05) is 0 Å². The maximum absolute atomic E-state index is 11.8. The van der Waals surface area contributed by atoms with E-state index in [0.29, 0.717) is 17.0 Å². The highest BCUT2D eigenvalue weighted by molar-refractivity contribution is 7.89. The van der Waals surface area contributed by atoms with Gasteiger partial charge in [-0.25, -0.2) is 19.0 Å². The Hall–Kier alpha value is -3.11. The van der Waals surface area contributed by atoms with Gasteiger partial charge < -0.3 is 0 Å². The molecule has 0 unspecified atom stereocenters. The first-order valence-electron chi connectivity index (χ1n) is 7.03. The van der Waals surface area contributed by atoms with Crippen molar-refractivity contribution in [3.8, 4) is 0 Å². The van der Waals surface area contributed by atoms with Crippen LogP contribution >= 0.6 is 0 Å². The molecule has 0 radical (unpaired) electrons. The average molecular weight is 360 g/mol. The van der Waals surface area contributed by atoms with E-state index in [4.69, 9.17) is 5.14 Å². The van der Waals surface area contributed by atoms with Crippen molar-refractivity contribution >= 4 is 33.5 Å². The van der Waals surface area contributed by atoms with Crippen LogP contribution in [0.4, 0.5) is 5.69 Å². The third kappa shape index (κ3) is 5.79. The fraction of sp³-hybridized carbons (Fsp3) is 0.0667. The topological polar surface area (TPSA) is 139 Å². The molecular formula is C15H16N6O3S. The third-order valence-electron chi connectivity index (χ3n) is 2.90. The second-order valence-corrected chi connectivity index (χ2v) is 6.43. The lowest BCUT2D eigenvalue weighted by molar-refractivity contribution is 0.0955. The molecule has 1 heterocycles. The van der Waals surface area contributed by atoms with Gasteiger partial charge in [-0.3, -0.25) is 15.2 Å². The van der Waals surface area contributed by atoms with Gasteiger partial charge in [0.15, 0.2) is 0 Å². The van der Waals surface area contributed by atoms with Crippen molar-refractivity contribution < 1.29 is 13.2 Å². The lowest BCUT2D eigenvalue weighted by atomic mass is 10.3. The molecule has 0 atom stereocenters. The highest BCUT2D eigenvalue weighted by atomic mass is 32.2. The number of anilines is 1. The molecule has 0 bridgehead atoms. The van der Waals surface area contributed by atoms with Crippen LogP contribution in [0.15, 0.2) is 63.9 Å². The number of nitrogens with two attached hydrogens (primary N) is 1. The Labute approximate surface area is 144 Å². The van der Waals surface area contributed by atoms with Gasteiger partial charge in [0.1, 0.15) is 0 Å². The first-order chi connectivity index (χ1) is 11.9. The molecule has 1 amide bonds. The molecule has 1 aromatic heterocycles. The summed E-state index contributed by atoms with van der Waals surface area (Å²) in [4.78, 5) is 15.6. The summed E-state index contributed by atoms with van der Waals surface area (Å²) in [6.07, 6.45) is 4.43. The second kappa shape index (κ2) is 8.13. The van der Waals surface area contributed by atoms with E-state index in [0.717, 1.165) is 0 Å².